The lowest BCUT2D eigenvalue weighted by molar-refractivity contribution is -0.384. The highest BCUT2D eigenvalue weighted by Gasteiger charge is 2.72. The van der Waals surface area contributed by atoms with Gasteiger partial charge < -0.3 is 9.84 Å². The number of aliphatic hydroxyl groups is 1. The summed E-state index contributed by atoms with van der Waals surface area (Å²) < 4.78 is 5.80. The number of hydrogen-bond donors (Lipinski definition) is 1. The minimum absolute atomic E-state index is 0.0528. The molecule has 0 aliphatic carbocycles. The Hall–Kier alpha value is -2.58. The molecule has 1 aromatic rings. The number of fused-ring (bicyclic) bond motifs is 5. The predicted molar refractivity (Wildman–Crippen MR) is 81.0 cm³/mol. The van der Waals surface area contributed by atoms with Crippen LogP contribution in [-0.2, 0) is 14.3 Å². The van der Waals surface area contributed by atoms with E-state index in [1.54, 1.807) is 19.1 Å². The van der Waals surface area contributed by atoms with Gasteiger partial charge in [0.25, 0.3) is 5.69 Å². The van der Waals surface area contributed by atoms with E-state index in [9.17, 15) is 24.8 Å². The van der Waals surface area contributed by atoms with E-state index in [4.69, 9.17) is 4.74 Å². The molecule has 8 nitrogen and oxygen atoms in total. The van der Waals surface area contributed by atoms with Crippen molar-refractivity contribution in [1.82, 2.24) is 0 Å². The Balaban J connectivity index is 1.85. The van der Waals surface area contributed by atoms with Crippen LogP contribution >= 0.6 is 0 Å². The van der Waals surface area contributed by atoms with E-state index >= 15 is 0 Å². The third-order valence-electron chi connectivity index (χ3n) is 5.12. The summed E-state index contributed by atoms with van der Waals surface area (Å²) in [5.41, 5.74) is -2.62. The molecule has 2 amide bonds. The molecule has 4 atom stereocenters. The van der Waals surface area contributed by atoms with Gasteiger partial charge in [0.2, 0.25) is 11.8 Å². The minimum Gasteiger partial charge on any atom is -0.393 e. The lowest BCUT2D eigenvalue weighted by atomic mass is 9.73. The van der Waals surface area contributed by atoms with Gasteiger partial charge in [-0.1, -0.05) is 24.3 Å². The molecule has 0 aromatic heterocycles. The first-order valence-corrected chi connectivity index (χ1v) is 7.47. The zero-order valence-corrected chi connectivity index (χ0v) is 12.7. The molecule has 1 N–H and O–H groups in total. The number of para-hydroxylation sites is 2. The molecule has 2 fully saturated rings. The molecule has 8 heteroatoms. The molecular formula is C16H14N2O6. The molecule has 0 unspecified atom stereocenters. The number of nitrogens with zero attached hydrogens (tertiary/aromatic N) is 2. The van der Waals surface area contributed by atoms with Gasteiger partial charge in [0.15, 0.2) is 0 Å². The van der Waals surface area contributed by atoms with E-state index in [2.05, 4.69) is 0 Å². The Morgan fingerprint density at radius 1 is 1.25 bits per heavy atom. The summed E-state index contributed by atoms with van der Waals surface area (Å²) in [7, 11) is 0. The lowest BCUT2D eigenvalue weighted by Crippen LogP contribution is -2.43. The molecule has 0 saturated carbocycles. The molecule has 2 bridgehead atoms. The van der Waals surface area contributed by atoms with E-state index in [1.807, 2.05) is 0 Å². The van der Waals surface area contributed by atoms with Gasteiger partial charge in [-0.05, 0) is 13.0 Å². The summed E-state index contributed by atoms with van der Waals surface area (Å²) in [6.45, 7) is 1.24. The standard InChI is InChI=1S/C16H14N2O6/c1-15-6-7-16(8-19,24-15)12-11(15)13(20)17(14(12)21)9-4-2-3-5-10(9)18(22)23/h2-7,11-12,19H,8H2,1H3/t11-,12+,15-,16+/m1/s1. The lowest BCUT2D eigenvalue weighted by Gasteiger charge is -2.26. The fourth-order valence-corrected chi connectivity index (χ4v) is 4.09. The summed E-state index contributed by atoms with van der Waals surface area (Å²) in [6.07, 6.45) is 3.29. The highest BCUT2D eigenvalue weighted by Crippen LogP contribution is 2.57. The van der Waals surface area contributed by atoms with Crippen LogP contribution in [-0.4, -0.2) is 39.7 Å². The molecule has 24 heavy (non-hydrogen) atoms. The average molecular weight is 330 g/mol. The Morgan fingerprint density at radius 2 is 1.92 bits per heavy atom. The predicted octanol–water partition coefficient (Wildman–Crippen LogP) is 0.790. The van der Waals surface area contributed by atoms with Crippen molar-refractivity contribution in [2.24, 2.45) is 11.8 Å². The van der Waals surface area contributed by atoms with Gasteiger partial charge in [0.1, 0.15) is 11.3 Å². The number of ether oxygens (including phenoxy) is 1. The Bertz CT molecular complexity index is 821. The van der Waals surface area contributed by atoms with Crippen LogP contribution in [0.5, 0.6) is 0 Å². The molecule has 1 aromatic carbocycles. The second-order valence-electron chi connectivity index (χ2n) is 6.45. The molecule has 4 rings (SSSR count). The van der Waals surface area contributed by atoms with Crippen LogP contribution in [0.2, 0.25) is 0 Å². The minimum atomic E-state index is -1.25. The quantitative estimate of drug-likeness (QED) is 0.380. The van der Waals surface area contributed by atoms with Gasteiger partial charge >= 0.3 is 0 Å². The molecule has 0 spiro atoms. The number of aliphatic hydroxyl groups excluding tert-OH is 1. The van der Waals surface area contributed by atoms with Crippen molar-refractivity contribution in [2.75, 3.05) is 11.5 Å². The van der Waals surface area contributed by atoms with Gasteiger partial charge in [-0.15, -0.1) is 0 Å². The summed E-state index contributed by atoms with van der Waals surface area (Å²) in [6, 6.07) is 5.62. The number of anilines is 1. The van der Waals surface area contributed by atoms with Crippen LogP contribution in [0.3, 0.4) is 0 Å². The maximum Gasteiger partial charge on any atom is 0.293 e. The molecule has 3 aliphatic rings. The van der Waals surface area contributed by atoms with Crippen molar-refractivity contribution in [3.63, 3.8) is 0 Å². The van der Waals surface area contributed by atoms with Crippen LogP contribution in [0.4, 0.5) is 11.4 Å². The number of nitro groups is 1. The maximum absolute atomic E-state index is 12.9. The normalized spacial score (nSPS) is 36.5. The van der Waals surface area contributed by atoms with Crippen molar-refractivity contribution in [1.29, 1.82) is 0 Å². The highest BCUT2D eigenvalue weighted by molar-refractivity contribution is 6.24. The topological polar surface area (TPSA) is 110 Å². The Morgan fingerprint density at radius 3 is 2.58 bits per heavy atom. The van der Waals surface area contributed by atoms with Crippen LogP contribution < -0.4 is 4.90 Å². The van der Waals surface area contributed by atoms with Gasteiger partial charge in [-0.2, -0.15) is 0 Å². The highest BCUT2D eigenvalue weighted by atomic mass is 16.6. The van der Waals surface area contributed by atoms with Gasteiger partial charge in [0, 0.05) is 6.07 Å². The first kappa shape index (κ1) is 15.0. The van der Waals surface area contributed by atoms with Crippen molar-refractivity contribution in [3.8, 4) is 0 Å². The number of nitro benzene ring substituents is 1. The number of hydrogen-bond acceptors (Lipinski definition) is 6. The number of benzene rings is 1. The summed E-state index contributed by atoms with van der Waals surface area (Å²) >= 11 is 0. The molecular weight excluding hydrogens is 316 g/mol. The number of carbonyl (C=O) groups excluding carboxylic acids is 2. The van der Waals surface area contributed by atoms with Crippen LogP contribution in [0.15, 0.2) is 36.4 Å². The van der Waals surface area contributed by atoms with Crippen molar-refractivity contribution >= 4 is 23.2 Å². The molecule has 124 valence electrons. The number of imide groups is 1. The third kappa shape index (κ3) is 1.59. The third-order valence-corrected chi connectivity index (χ3v) is 5.12. The summed E-state index contributed by atoms with van der Waals surface area (Å²) in [4.78, 5) is 37.3. The van der Waals surface area contributed by atoms with E-state index in [1.165, 1.54) is 24.3 Å². The van der Waals surface area contributed by atoms with Crippen LogP contribution in [0, 0.1) is 22.0 Å². The molecule has 0 radical (unpaired) electrons. The summed E-state index contributed by atoms with van der Waals surface area (Å²) in [5.74, 6) is -2.81. The first-order chi connectivity index (χ1) is 11.3. The van der Waals surface area contributed by atoms with E-state index in [0.717, 1.165) is 4.90 Å². The Kier molecular flexibility index (Phi) is 2.80. The van der Waals surface area contributed by atoms with Gasteiger partial charge in [0.05, 0.1) is 29.0 Å². The number of rotatable bonds is 3. The van der Waals surface area contributed by atoms with Gasteiger partial charge in [-0.25, -0.2) is 4.90 Å². The van der Waals surface area contributed by atoms with Crippen LogP contribution in [0.25, 0.3) is 0 Å². The number of amides is 2. The fraction of sp³-hybridized carbons (Fsp3) is 0.375. The van der Waals surface area contributed by atoms with Crippen molar-refractivity contribution in [3.05, 3.63) is 46.5 Å². The molecule has 3 aliphatic heterocycles. The van der Waals surface area contributed by atoms with Crippen molar-refractivity contribution in [2.45, 2.75) is 18.1 Å². The average Bonchev–Trinajstić information content (AvgIpc) is 3.13. The first-order valence-electron chi connectivity index (χ1n) is 7.47. The van der Waals surface area contributed by atoms with Crippen molar-refractivity contribution < 1.29 is 24.4 Å². The fourth-order valence-electron chi connectivity index (χ4n) is 4.09. The second-order valence-corrected chi connectivity index (χ2v) is 6.45. The van der Waals surface area contributed by atoms with E-state index in [-0.39, 0.29) is 11.4 Å². The smallest absolute Gasteiger partial charge is 0.293 e. The molecule has 3 heterocycles. The SMILES string of the molecule is C[C@]12C=C[C@@](CO)(O1)[C@@H]1C(=O)N(c3ccccc3[N+](=O)[O-])C(=O)[C@@H]12. The zero-order chi connectivity index (χ0) is 17.3. The largest absolute Gasteiger partial charge is 0.393 e. The maximum atomic E-state index is 12.9. The van der Waals surface area contributed by atoms with E-state index in [0.29, 0.717) is 0 Å². The molecule has 2 saturated heterocycles. The monoisotopic (exact) mass is 330 g/mol. The number of carbonyl (C=O) groups is 2. The Labute approximate surface area is 136 Å². The van der Waals surface area contributed by atoms with Crippen LogP contribution in [0.1, 0.15) is 6.92 Å². The second kappa shape index (κ2) is 4.49. The van der Waals surface area contributed by atoms with E-state index < -0.39 is 46.4 Å². The summed E-state index contributed by atoms with van der Waals surface area (Å²) in [5, 5.41) is 21.0. The zero-order valence-electron chi connectivity index (χ0n) is 12.7. The van der Waals surface area contributed by atoms with Gasteiger partial charge in [-0.3, -0.25) is 19.7 Å².